The average molecular weight is 294 g/mol. The van der Waals surface area contributed by atoms with Crippen molar-refractivity contribution in [3.63, 3.8) is 0 Å². The highest BCUT2D eigenvalue weighted by Gasteiger charge is 2.07. The number of nitrogens with zero attached hydrogens (tertiary/aromatic N) is 1. The lowest BCUT2D eigenvalue weighted by Crippen LogP contribution is -2.28. The molecule has 1 aromatic carbocycles. The molecule has 0 bridgehead atoms. The molecule has 1 rings (SSSR count). The van der Waals surface area contributed by atoms with E-state index in [1.807, 2.05) is 6.07 Å². The van der Waals surface area contributed by atoms with Crippen LogP contribution in [0.25, 0.3) is 0 Å². The fraction of sp³-hybridized carbons (Fsp3) is 0.647. The molecule has 0 saturated carbocycles. The van der Waals surface area contributed by atoms with Crippen LogP contribution >= 0.6 is 0 Å². The van der Waals surface area contributed by atoms with Gasteiger partial charge in [0.2, 0.25) is 0 Å². The van der Waals surface area contributed by atoms with Crippen molar-refractivity contribution in [1.82, 2.24) is 10.2 Å². The quantitative estimate of drug-likeness (QED) is 0.719. The van der Waals surface area contributed by atoms with Crippen LogP contribution in [-0.4, -0.2) is 44.3 Å². The van der Waals surface area contributed by atoms with Gasteiger partial charge in [0.1, 0.15) is 6.61 Å². The smallest absolute Gasteiger partial charge is 0.161 e. The maximum Gasteiger partial charge on any atom is 0.161 e. The van der Waals surface area contributed by atoms with Gasteiger partial charge in [-0.25, -0.2) is 0 Å². The maximum absolute atomic E-state index is 5.92. The minimum Gasteiger partial charge on any atom is -0.493 e. The molecule has 0 aliphatic rings. The predicted octanol–water partition coefficient (Wildman–Crippen LogP) is 2.91. The molecule has 4 nitrogen and oxygen atoms in total. The molecule has 1 aromatic rings. The standard InChI is InChI=1S/C17H30N2O2/c1-6-19(7-2)10-11-21-17-12-15(13-18-14(3)4)8-9-16(17)20-5/h8-9,12,14,18H,6-7,10-11,13H2,1-5H3. The van der Waals surface area contributed by atoms with Crippen molar-refractivity contribution in [1.29, 1.82) is 0 Å². The number of methoxy groups -OCH3 is 1. The molecule has 4 heteroatoms. The van der Waals surface area contributed by atoms with Crippen molar-refractivity contribution in [2.75, 3.05) is 33.4 Å². The van der Waals surface area contributed by atoms with Crippen molar-refractivity contribution in [3.8, 4) is 11.5 Å². The highest BCUT2D eigenvalue weighted by molar-refractivity contribution is 5.42. The molecule has 0 saturated heterocycles. The minimum atomic E-state index is 0.471. The first kappa shape index (κ1) is 17.8. The number of hydrogen-bond donors (Lipinski definition) is 1. The van der Waals surface area contributed by atoms with Gasteiger partial charge in [-0.2, -0.15) is 0 Å². The van der Waals surface area contributed by atoms with Gasteiger partial charge in [0, 0.05) is 19.1 Å². The van der Waals surface area contributed by atoms with Crippen molar-refractivity contribution < 1.29 is 9.47 Å². The molecule has 0 aliphatic heterocycles. The number of ether oxygens (including phenoxy) is 2. The van der Waals surface area contributed by atoms with Crippen LogP contribution in [-0.2, 0) is 6.54 Å². The van der Waals surface area contributed by atoms with Gasteiger partial charge in [0.15, 0.2) is 11.5 Å². The molecule has 0 heterocycles. The van der Waals surface area contributed by atoms with Gasteiger partial charge >= 0.3 is 0 Å². The van der Waals surface area contributed by atoms with E-state index in [0.717, 1.165) is 37.7 Å². The fourth-order valence-corrected chi connectivity index (χ4v) is 2.09. The van der Waals surface area contributed by atoms with Crippen LogP contribution in [0.2, 0.25) is 0 Å². The molecule has 21 heavy (non-hydrogen) atoms. The summed E-state index contributed by atoms with van der Waals surface area (Å²) in [7, 11) is 1.68. The summed E-state index contributed by atoms with van der Waals surface area (Å²) < 4.78 is 11.3. The molecule has 0 aromatic heterocycles. The summed E-state index contributed by atoms with van der Waals surface area (Å²) in [5.41, 5.74) is 1.21. The first-order chi connectivity index (χ1) is 10.1. The Hall–Kier alpha value is -1.26. The van der Waals surface area contributed by atoms with Crippen LogP contribution in [0.4, 0.5) is 0 Å². The zero-order valence-corrected chi connectivity index (χ0v) is 14.1. The Morgan fingerprint density at radius 2 is 1.86 bits per heavy atom. The molecule has 0 radical (unpaired) electrons. The average Bonchev–Trinajstić information content (AvgIpc) is 2.49. The van der Waals surface area contributed by atoms with E-state index in [2.05, 4.69) is 50.0 Å². The van der Waals surface area contributed by atoms with E-state index in [-0.39, 0.29) is 0 Å². The number of likely N-dealkylation sites (N-methyl/N-ethyl adjacent to an activating group) is 1. The molecule has 0 amide bonds. The van der Waals surface area contributed by atoms with Crippen LogP contribution in [0.5, 0.6) is 11.5 Å². The lowest BCUT2D eigenvalue weighted by atomic mass is 10.2. The number of hydrogen-bond acceptors (Lipinski definition) is 4. The molecular formula is C17H30N2O2. The predicted molar refractivity (Wildman–Crippen MR) is 88.3 cm³/mol. The van der Waals surface area contributed by atoms with Gasteiger partial charge in [0.25, 0.3) is 0 Å². The van der Waals surface area contributed by atoms with Crippen molar-refractivity contribution in [2.24, 2.45) is 0 Å². The second-order valence-electron chi connectivity index (χ2n) is 5.40. The summed E-state index contributed by atoms with van der Waals surface area (Å²) in [4.78, 5) is 2.34. The Kier molecular flexibility index (Phi) is 8.16. The molecule has 120 valence electrons. The SMILES string of the molecule is CCN(CC)CCOc1cc(CNC(C)C)ccc1OC. The summed E-state index contributed by atoms with van der Waals surface area (Å²) in [5.74, 6) is 1.62. The van der Waals surface area contributed by atoms with Crippen molar-refractivity contribution in [2.45, 2.75) is 40.3 Å². The fourth-order valence-electron chi connectivity index (χ4n) is 2.09. The van der Waals surface area contributed by atoms with E-state index >= 15 is 0 Å². The molecule has 0 fully saturated rings. The second-order valence-corrected chi connectivity index (χ2v) is 5.40. The number of benzene rings is 1. The minimum absolute atomic E-state index is 0.471. The van der Waals surface area contributed by atoms with Crippen LogP contribution in [0.15, 0.2) is 18.2 Å². The lowest BCUT2D eigenvalue weighted by molar-refractivity contribution is 0.217. The Labute approximate surface area is 129 Å². The third kappa shape index (κ3) is 6.36. The first-order valence-corrected chi connectivity index (χ1v) is 7.86. The third-order valence-electron chi connectivity index (χ3n) is 3.50. The zero-order valence-electron chi connectivity index (χ0n) is 14.1. The summed E-state index contributed by atoms with van der Waals surface area (Å²) in [6.07, 6.45) is 0. The highest BCUT2D eigenvalue weighted by atomic mass is 16.5. The van der Waals surface area contributed by atoms with E-state index < -0.39 is 0 Å². The Morgan fingerprint density at radius 3 is 2.43 bits per heavy atom. The Balaban J connectivity index is 2.62. The van der Waals surface area contributed by atoms with Crippen LogP contribution in [0, 0.1) is 0 Å². The molecule has 0 spiro atoms. The van der Waals surface area contributed by atoms with Crippen molar-refractivity contribution in [3.05, 3.63) is 23.8 Å². The van der Waals surface area contributed by atoms with E-state index in [4.69, 9.17) is 9.47 Å². The van der Waals surface area contributed by atoms with Gasteiger partial charge in [-0.3, -0.25) is 0 Å². The molecular weight excluding hydrogens is 264 g/mol. The van der Waals surface area contributed by atoms with E-state index in [1.54, 1.807) is 7.11 Å². The number of nitrogens with one attached hydrogen (secondary N) is 1. The lowest BCUT2D eigenvalue weighted by Gasteiger charge is -2.19. The monoisotopic (exact) mass is 294 g/mol. The van der Waals surface area contributed by atoms with Crippen LogP contribution < -0.4 is 14.8 Å². The van der Waals surface area contributed by atoms with Gasteiger partial charge in [-0.05, 0) is 30.8 Å². The Bertz CT molecular complexity index is 404. The number of rotatable bonds is 10. The summed E-state index contributed by atoms with van der Waals surface area (Å²) in [6.45, 7) is 13.2. The zero-order chi connectivity index (χ0) is 15.7. The maximum atomic E-state index is 5.92. The molecule has 0 atom stereocenters. The van der Waals surface area contributed by atoms with Gasteiger partial charge in [-0.15, -0.1) is 0 Å². The van der Waals surface area contributed by atoms with E-state index in [9.17, 15) is 0 Å². The topological polar surface area (TPSA) is 33.7 Å². The normalized spacial score (nSPS) is 11.2. The largest absolute Gasteiger partial charge is 0.493 e. The van der Waals surface area contributed by atoms with E-state index in [0.29, 0.717) is 12.6 Å². The van der Waals surface area contributed by atoms with Crippen molar-refractivity contribution >= 4 is 0 Å². The second kappa shape index (κ2) is 9.64. The molecule has 0 unspecified atom stereocenters. The van der Waals surface area contributed by atoms with Crippen LogP contribution in [0.3, 0.4) is 0 Å². The highest BCUT2D eigenvalue weighted by Crippen LogP contribution is 2.28. The van der Waals surface area contributed by atoms with Gasteiger partial charge in [0.05, 0.1) is 7.11 Å². The van der Waals surface area contributed by atoms with E-state index in [1.165, 1.54) is 5.56 Å². The molecule has 0 aliphatic carbocycles. The molecule has 1 N–H and O–H groups in total. The Morgan fingerprint density at radius 1 is 1.14 bits per heavy atom. The third-order valence-corrected chi connectivity index (χ3v) is 3.50. The van der Waals surface area contributed by atoms with Gasteiger partial charge in [-0.1, -0.05) is 33.8 Å². The first-order valence-electron chi connectivity index (χ1n) is 7.86. The summed E-state index contributed by atoms with van der Waals surface area (Å²) in [5, 5.41) is 3.41. The van der Waals surface area contributed by atoms with Gasteiger partial charge < -0.3 is 19.7 Å². The van der Waals surface area contributed by atoms with Crippen LogP contribution in [0.1, 0.15) is 33.3 Å². The summed E-state index contributed by atoms with van der Waals surface area (Å²) >= 11 is 0. The summed E-state index contributed by atoms with van der Waals surface area (Å²) in [6, 6.07) is 6.59.